The summed E-state index contributed by atoms with van der Waals surface area (Å²) in [5.74, 6) is 1.78. The van der Waals surface area contributed by atoms with E-state index < -0.39 is 7.72 Å². The van der Waals surface area contributed by atoms with Crippen molar-refractivity contribution >= 4 is 19.3 Å². The minimum absolute atomic E-state index is 0.204. The summed E-state index contributed by atoms with van der Waals surface area (Å²) in [7, 11) is -2.87. The summed E-state index contributed by atoms with van der Waals surface area (Å²) in [6.07, 6.45) is 6.93. The average Bonchev–Trinajstić information content (AvgIpc) is 2.52. The third kappa shape index (κ3) is 6.91. The summed E-state index contributed by atoms with van der Waals surface area (Å²) in [5, 5.41) is 4.16. The van der Waals surface area contributed by atoms with Gasteiger partial charge in [0.25, 0.3) is 7.72 Å². The molecule has 1 fully saturated rings. The Kier molecular flexibility index (Phi) is 7.52. The zero-order valence-corrected chi connectivity index (χ0v) is 15.5. The molecule has 0 saturated heterocycles. The molecule has 1 aliphatic rings. The second-order valence-electron chi connectivity index (χ2n) is 6.44. The molecular formula is C18H28ClNO2P+. The van der Waals surface area contributed by atoms with E-state index in [1.165, 1.54) is 24.8 Å². The quantitative estimate of drug-likeness (QED) is 0.472. The summed E-state index contributed by atoms with van der Waals surface area (Å²) in [6, 6.07) is 8.03. The van der Waals surface area contributed by atoms with Crippen molar-refractivity contribution < 1.29 is 9.79 Å². The standard InChI is InChI=1S/C18H28ClNO2P/c1-15(17-9-5-10-18(19)13-17)20-11-6-12-23(21,22)14-16-7-3-2-4-8-16/h5,9-10,13-15,20-22H,2-4,6-8,11-12H2,1H3/q+1. The van der Waals surface area contributed by atoms with Crippen LogP contribution in [0.25, 0.3) is 0 Å². The van der Waals surface area contributed by atoms with Crippen LogP contribution < -0.4 is 5.32 Å². The molecule has 3 nitrogen and oxygen atoms in total. The van der Waals surface area contributed by atoms with E-state index in [1.54, 1.807) is 5.82 Å². The number of rotatable bonds is 7. The molecular weight excluding hydrogens is 329 g/mol. The molecule has 1 aromatic carbocycles. The fraction of sp³-hybridized carbons (Fsp3) is 0.556. The normalized spacial score (nSPS) is 17.1. The first-order chi connectivity index (χ1) is 11.0. The molecule has 2 rings (SSSR count). The number of allylic oxidation sites excluding steroid dienone is 1. The lowest BCUT2D eigenvalue weighted by Gasteiger charge is -2.17. The Morgan fingerprint density at radius 2 is 2.00 bits per heavy atom. The molecule has 0 heterocycles. The molecule has 23 heavy (non-hydrogen) atoms. The van der Waals surface area contributed by atoms with Crippen molar-refractivity contribution in [3.8, 4) is 0 Å². The molecule has 0 spiro atoms. The van der Waals surface area contributed by atoms with Crippen molar-refractivity contribution in [1.82, 2.24) is 5.32 Å². The fourth-order valence-electron chi connectivity index (χ4n) is 3.02. The van der Waals surface area contributed by atoms with E-state index in [2.05, 4.69) is 12.2 Å². The molecule has 0 radical (unpaired) electrons. The van der Waals surface area contributed by atoms with E-state index in [0.29, 0.717) is 6.16 Å². The molecule has 0 bridgehead atoms. The smallest absolute Gasteiger partial charge is 0.292 e. The average molecular weight is 357 g/mol. The predicted molar refractivity (Wildman–Crippen MR) is 99.9 cm³/mol. The van der Waals surface area contributed by atoms with Gasteiger partial charge in [-0.2, -0.15) is 0 Å². The molecule has 5 heteroatoms. The van der Waals surface area contributed by atoms with Gasteiger partial charge in [-0.15, -0.1) is 0 Å². The zero-order valence-electron chi connectivity index (χ0n) is 13.8. The van der Waals surface area contributed by atoms with Gasteiger partial charge in [-0.1, -0.05) is 30.2 Å². The molecule has 128 valence electrons. The van der Waals surface area contributed by atoms with Gasteiger partial charge in [0.2, 0.25) is 0 Å². The molecule has 0 aromatic heterocycles. The molecule has 1 atom stereocenters. The molecule has 1 saturated carbocycles. The summed E-state index contributed by atoms with van der Waals surface area (Å²) in [5.41, 5.74) is 2.39. The highest BCUT2D eigenvalue weighted by atomic mass is 35.5. The molecule has 0 amide bonds. The molecule has 1 aliphatic carbocycles. The lowest BCUT2D eigenvalue weighted by atomic mass is 9.96. The minimum atomic E-state index is -2.87. The number of halogens is 1. The van der Waals surface area contributed by atoms with E-state index >= 15 is 0 Å². The van der Waals surface area contributed by atoms with Gasteiger partial charge in [-0.25, -0.2) is 9.79 Å². The molecule has 0 aliphatic heterocycles. The lowest BCUT2D eigenvalue weighted by Crippen LogP contribution is -2.20. The Morgan fingerprint density at radius 3 is 2.70 bits per heavy atom. The summed E-state index contributed by atoms with van der Waals surface area (Å²) >= 11 is 6.01. The van der Waals surface area contributed by atoms with Crippen molar-refractivity contribution in [1.29, 1.82) is 0 Å². The van der Waals surface area contributed by atoms with Gasteiger partial charge < -0.3 is 5.32 Å². The van der Waals surface area contributed by atoms with Gasteiger partial charge in [0.05, 0.1) is 0 Å². The summed E-state index contributed by atoms with van der Waals surface area (Å²) in [4.78, 5) is 20.5. The Hall–Kier alpha value is -0.440. The third-order valence-corrected chi connectivity index (χ3v) is 6.34. The van der Waals surface area contributed by atoms with Crippen molar-refractivity contribution in [2.24, 2.45) is 0 Å². The van der Waals surface area contributed by atoms with Crippen molar-refractivity contribution in [2.45, 2.75) is 51.5 Å². The summed E-state index contributed by atoms with van der Waals surface area (Å²) < 4.78 is 0. The molecule has 1 aromatic rings. The van der Waals surface area contributed by atoms with Gasteiger partial charge in [-0.3, -0.25) is 0 Å². The van der Waals surface area contributed by atoms with Crippen LogP contribution in [0, 0.1) is 0 Å². The van der Waals surface area contributed by atoms with Gasteiger partial charge in [0.1, 0.15) is 12.0 Å². The second kappa shape index (κ2) is 9.15. The fourth-order valence-corrected chi connectivity index (χ4v) is 4.81. The second-order valence-corrected chi connectivity index (χ2v) is 9.16. The predicted octanol–water partition coefficient (Wildman–Crippen LogP) is 5.06. The van der Waals surface area contributed by atoms with E-state index in [0.717, 1.165) is 36.4 Å². The van der Waals surface area contributed by atoms with Gasteiger partial charge in [0, 0.05) is 11.1 Å². The Labute approximate surface area is 145 Å². The largest absolute Gasteiger partial charge is 0.310 e. The topological polar surface area (TPSA) is 52.5 Å². The minimum Gasteiger partial charge on any atom is -0.310 e. The first-order valence-electron chi connectivity index (χ1n) is 8.49. The highest BCUT2D eigenvalue weighted by Crippen LogP contribution is 2.54. The SMILES string of the molecule is CC(NCCC[P+](O)(O)C=C1CCCCC1)c1cccc(Cl)c1. The Balaban J connectivity index is 1.73. The van der Waals surface area contributed by atoms with Crippen molar-refractivity contribution in [3.05, 3.63) is 46.2 Å². The maximum Gasteiger partial charge on any atom is 0.292 e. The van der Waals surface area contributed by atoms with Gasteiger partial charge in [0.15, 0.2) is 0 Å². The van der Waals surface area contributed by atoms with Crippen LogP contribution in [0.4, 0.5) is 0 Å². The van der Waals surface area contributed by atoms with Crippen LogP contribution in [-0.4, -0.2) is 22.5 Å². The van der Waals surface area contributed by atoms with E-state index in [-0.39, 0.29) is 6.04 Å². The monoisotopic (exact) mass is 356 g/mol. The van der Waals surface area contributed by atoms with E-state index in [9.17, 15) is 9.79 Å². The zero-order chi connectivity index (χ0) is 16.7. The van der Waals surface area contributed by atoms with E-state index in [1.807, 2.05) is 24.3 Å². The maximum atomic E-state index is 10.2. The first-order valence-corrected chi connectivity index (χ1v) is 10.8. The van der Waals surface area contributed by atoms with Crippen LogP contribution in [0.3, 0.4) is 0 Å². The third-order valence-electron chi connectivity index (χ3n) is 4.35. The lowest BCUT2D eigenvalue weighted by molar-refractivity contribution is 0.456. The number of benzene rings is 1. The van der Waals surface area contributed by atoms with Gasteiger partial charge in [-0.05, 0) is 68.8 Å². The van der Waals surface area contributed by atoms with E-state index in [4.69, 9.17) is 11.6 Å². The van der Waals surface area contributed by atoms with Crippen LogP contribution >= 0.6 is 19.3 Å². The summed E-state index contributed by atoms with van der Waals surface area (Å²) in [6.45, 7) is 2.86. The Morgan fingerprint density at radius 1 is 1.26 bits per heavy atom. The number of nitrogens with one attached hydrogen (secondary N) is 1. The number of hydrogen-bond acceptors (Lipinski definition) is 3. The van der Waals surface area contributed by atoms with Crippen LogP contribution in [0.2, 0.25) is 5.02 Å². The van der Waals surface area contributed by atoms with Crippen molar-refractivity contribution in [2.75, 3.05) is 12.7 Å². The highest BCUT2D eigenvalue weighted by Gasteiger charge is 2.30. The van der Waals surface area contributed by atoms with Crippen LogP contribution in [0.15, 0.2) is 35.7 Å². The molecule has 3 N–H and O–H groups in total. The van der Waals surface area contributed by atoms with Crippen LogP contribution in [0.5, 0.6) is 0 Å². The van der Waals surface area contributed by atoms with Crippen LogP contribution in [-0.2, 0) is 0 Å². The Bertz CT molecular complexity index is 526. The van der Waals surface area contributed by atoms with Crippen molar-refractivity contribution in [3.63, 3.8) is 0 Å². The highest BCUT2D eigenvalue weighted by molar-refractivity contribution is 7.67. The molecule has 1 unspecified atom stereocenters. The maximum absolute atomic E-state index is 10.2. The number of hydrogen-bond donors (Lipinski definition) is 3. The van der Waals surface area contributed by atoms with Gasteiger partial charge >= 0.3 is 0 Å². The first kappa shape index (κ1) is 18.9. The van der Waals surface area contributed by atoms with Crippen LogP contribution in [0.1, 0.15) is 57.1 Å².